The van der Waals surface area contributed by atoms with E-state index in [9.17, 15) is 19.5 Å². The lowest BCUT2D eigenvalue weighted by atomic mass is 9.71. The smallest absolute Gasteiger partial charge is 0.323 e. The van der Waals surface area contributed by atoms with Crippen molar-refractivity contribution in [2.45, 2.75) is 71.3 Å². The number of aliphatic carboxylic acids is 1. The summed E-state index contributed by atoms with van der Waals surface area (Å²) in [6.07, 6.45) is 16.9. The molecule has 1 atom stereocenters. The summed E-state index contributed by atoms with van der Waals surface area (Å²) < 4.78 is 0. The molecule has 1 unspecified atom stereocenters. The zero-order valence-corrected chi connectivity index (χ0v) is 28.8. The van der Waals surface area contributed by atoms with Crippen LogP contribution in [0.25, 0.3) is 17.0 Å². The van der Waals surface area contributed by atoms with Crippen molar-refractivity contribution in [1.82, 2.24) is 14.9 Å². The molecule has 1 fully saturated rings. The number of allylic oxidation sites excluding steroid dienone is 2. The number of aromatic nitrogens is 2. The maximum Gasteiger partial charge on any atom is 0.323 e. The largest absolute Gasteiger partial charge is 0.480 e. The van der Waals surface area contributed by atoms with Gasteiger partial charge in [0.15, 0.2) is 5.82 Å². The van der Waals surface area contributed by atoms with E-state index in [2.05, 4.69) is 28.3 Å². The number of hydrogen-bond acceptors (Lipinski definition) is 5. The highest BCUT2D eigenvalue weighted by Gasteiger charge is 2.28. The van der Waals surface area contributed by atoms with E-state index in [1.165, 1.54) is 49.0 Å². The summed E-state index contributed by atoms with van der Waals surface area (Å²) >= 11 is 0. The summed E-state index contributed by atoms with van der Waals surface area (Å²) in [5, 5.41) is 12.4. The van der Waals surface area contributed by atoms with E-state index in [-0.39, 0.29) is 18.9 Å². The molecule has 50 heavy (non-hydrogen) atoms. The molecule has 0 aliphatic heterocycles. The first-order valence-electron chi connectivity index (χ1n) is 17.9. The lowest BCUT2D eigenvalue weighted by molar-refractivity contribution is -0.137. The van der Waals surface area contributed by atoms with Crippen molar-refractivity contribution in [2.75, 3.05) is 11.9 Å². The second kappa shape index (κ2) is 16.5. The van der Waals surface area contributed by atoms with Gasteiger partial charge in [0, 0.05) is 41.3 Å². The number of amides is 2. The van der Waals surface area contributed by atoms with E-state index >= 15 is 0 Å². The summed E-state index contributed by atoms with van der Waals surface area (Å²) in [7, 11) is 0. The Bertz CT molecular complexity index is 1780. The minimum Gasteiger partial charge on any atom is -0.480 e. The molecule has 8 nitrogen and oxygen atoms in total. The number of carboxylic acid groups (broad SMARTS) is 1. The van der Waals surface area contributed by atoms with Crippen LogP contribution in [0.5, 0.6) is 0 Å². The number of nitrogens with zero attached hydrogens (tertiary/aromatic N) is 3. The predicted octanol–water partition coefficient (Wildman–Crippen LogP) is 8.45. The Kier molecular flexibility index (Phi) is 11.5. The molecule has 8 heteroatoms. The van der Waals surface area contributed by atoms with Gasteiger partial charge in [-0.25, -0.2) is 9.97 Å². The minimum absolute atomic E-state index is 0.121. The quantitative estimate of drug-likeness (QED) is 0.156. The summed E-state index contributed by atoms with van der Waals surface area (Å²) in [5.74, 6) is 1.57. The molecule has 1 heterocycles. The molecule has 2 aliphatic carbocycles. The Morgan fingerprint density at radius 1 is 0.800 bits per heavy atom. The van der Waals surface area contributed by atoms with Gasteiger partial charge in [0.2, 0.25) is 5.91 Å². The SMILES string of the molecule is CCC1CCC(C2CC=C(c3cnc(-c4ccc(CN(CC(=O)O)C(=O)c5ccc(NC(=O)Cc6ccccc6)cc5)cc4)nc3)CC2)CC1. The van der Waals surface area contributed by atoms with Gasteiger partial charge in [0.25, 0.3) is 5.91 Å². The first-order chi connectivity index (χ1) is 24.3. The molecule has 3 aromatic carbocycles. The average Bonchev–Trinajstić information content (AvgIpc) is 3.15. The molecule has 0 radical (unpaired) electrons. The molecule has 1 saturated carbocycles. The number of carbonyl (C=O) groups is 3. The minimum atomic E-state index is -1.10. The lowest BCUT2D eigenvalue weighted by Crippen LogP contribution is -2.35. The molecule has 258 valence electrons. The molecule has 0 saturated heterocycles. The molecule has 4 aromatic rings. The van der Waals surface area contributed by atoms with Crippen molar-refractivity contribution in [2.24, 2.45) is 17.8 Å². The van der Waals surface area contributed by atoms with Crippen LogP contribution in [0, 0.1) is 17.8 Å². The monoisotopic (exact) mass is 670 g/mol. The van der Waals surface area contributed by atoms with Crippen LogP contribution >= 0.6 is 0 Å². The van der Waals surface area contributed by atoms with Crippen LogP contribution in [0.2, 0.25) is 0 Å². The van der Waals surface area contributed by atoms with Crippen LogP contribution in [0.4, 0.5) is 5.69 Å². The first-order valence-corrected chi connectivity index (χ1v) is 17.9. The third-order valence-electron chi connectivity index (χ3n) is 10.4. The van der Waals surface area contributed by atoms with E-state index in [4.69, 9.17) is 0 Å². The van der Waals surface area contributed by atoms with Crippen molar-refractivity contribution in [3.8, 4) is 11.4 Å². The van der Waals surface area contributed by atoms with Gasteiger partial charge in [-0.3, -0.25) is 14.4 Å². The second-order valence-corrected chi connectivity index (χ2v) is 13.8. The molecule has 1 aromatic heterocycles. The normalized spacial score (nSPS) is 18.9. The molecule has 0 spiro atoms. The lowest BCUT2D eigenvalue weighted by Gasteiger charge is -2.35. The first kappa shape index (κ1) is 34.7. The number of nitrogens with one attached hydrogen (secondary N) is 1. The Morgan fingerprint density at radius 2 is 1.50 bits per heavy atom. The number of hydrogen-bond donors (Lipinski definition) is 2. The number of rotatable bonds is 12. The Morgan fingerprint density at radius 3 is 2.12 bits per heavy atom. The van der Waals surface area contributed by atoms with Crippen LogP contribution < -0.4 is 5.32 Å². The third kappa shape index (κ3) is 9.11. The third-order valence-corrected chi connectivity index (χ3v) is 10.4. The highest BCUT2D eigenvalue weighted by Crippen LogP contribution is 2.41. The Balaban J connectivity index is 1.04. The molecule has 2 amide bonds. The van der Waals surface area contributed by atoms with Crippen LogP contribution in [-0.4, -0.2) is 44.3 Å². The van der Waals surface area contributed by atoms with Crippen LogP contribution in [0.15, 0.2) is 97.3 Å². The van der Waals surface area contributed by atoms with Gasteiger partial charge in [-0.2, -0.15) is 0 Å². The van der Waals surface area contributed by atoms with Crippen LogP contribution in [0.1, 0.15) is 85.3 Å². The van der Waals surface area contributed by atoms with Gasteiger partial charge in [-0.05, 0) is 90.8 Å². The number of benzene rings is 3. The van der Waals surface area contributed by atoms with Crippen molar-refractivity contribution in [1.29, 1.82) is 0 Å². The Labute approximate surface area is 294 Å². The maximum absolute atomic E-state index is 13.4. The molecule has 6 rings (SSSR count). The Hall–Kier alpha value is -5.11. The van der Waals surface area contributed by atoms with E-state index in [0.29, 0.717) is 17.1 Å². The fourth-order valence-corrected chi connectivity index (χ4v) is 7.46. The molecule has 2 aliphatic rings. The zero-order chi connectivity index (χ0) is 34.9. The number of carboxylic acids is 1. The van der Waals surface area contributed by atoms with E-state index < -0.39 is 18.4 Å². The van der Waals surface area contributed by atoms with E-state index in [1.807, 2.05) is 67.0 Å². The van der Waals surface area contributed by atoms with Gasteiger partial charge in [-0.1, -0.05) is 86.9 Å². The standard InChI is InChI=1S/C42H46N4O4/c1-2-29-8-12-32(13-9-29)33-16-18-34(19-17-33)37-25-43-41(44-26-37)35-14-10-31(11-15-35)27-46(28-40(48)49)42(50)36-20-22-38(23-21-36)45-39(47)24-30-6-4-3-5-7-30/h3-7,10-11,14-15,18,20-23,25-26,29,32-33H,2,8-9,12-13,16-17,19,24,27-28H2,1H3,(H,45,47)(H,48,49). The van der Waals surface area contributed by atoms with Gasteiger partial charge >= 0.3 is 5.97 Å². The fraction of sp³-hybridized carbons (Fsp3) is 0.357. The van der Waals surface area contributed by atoms with Crippen LogP contribution in [-0.2, 0) is 22.6 Å². The molecular weight excluding hydrogens is 624 g/mol. The molecular formula is C42H46N4O4. The van der Waals surface area contributed by atoms with Crippen molar-refractivity contribution < 1.29 is 19.5 Å². The fourth-order valence-electron chi connectivity index (χ4n) is 7.46. The van der Waals surface area contributed by atoms with Gasteiger partial charge in [-0.15, -0.1) is 0 Å². The second-order valence-electron chi connectivity index (χ2n) is 13.8. The highest BCUT2D eigenvalue weighted by molar-refractivity contribution is 5.97. The van der Waals surface area contributed by atoms with Gasteiger partial charge in [0.1, 0.15) is 6.54 Å². The predicted molar refractivity (Wildman–Crippen MR) is 196 cm³/mol. The summed E-state index contributed by atoms with van der Waals surface area (Å²) in [5.41, 5.74) is 5.86. The zero-order valence-electron chi connectivity index (χ0n) is 28.8. The highest BCUT2D eigenvalue weighted by atomic mass is 16.4. The van der Waals surface area contributed by atoms with Crippen molar-refractivity contribution in [3.63, 3.8) is 0 Å². The summed E-state index contributed by atoms with van der Waals surface area (Å²) in [6.45, 7) is 2.00. The topological polar surface area (TPSA) is 112 Å². The number of carbonyl (C=O) groups excluding carboxylic acids is 2. The number of anilines is 1. The van der Waals surface area contributed by atoms with E-state index in [1.54, 1.807) is 24.3 Å². The van der Waals surface area contributed by atoms with Gasteiger partial charge in [0.05, 0.1) is 6.42 Å². The van der Waals surface area contributed by atoms with Crippen LogP contribution in [0.3, 0.4) is 0 Å². The summed E-state index contributed by atoms with van der Waals surface area (Å²) in [4.78, 5) is 48.2. The van der Waals surface area contributed by atoms with E-state index in [0.717, 1.165) is 52.8 Å². The van der Waals surface area contributed by atoms with Crippen molar-refractivity contribution >= 4 is 29.0 Å². The van der Waals surface area contributed by atoms with Gasteiger partial charge < -0.3 is 15.3 Å². The summed E-state index contributed by atoms with van der Waals surface area (Å²) in [6, 6.07) is 23.5. The maximum atomic E-state index is 13.4. The molecule has 0 bridgehead atoms. The van der Waals surface area contributed by atoms with Crippen molar-refractivity contribution in [3.05, 3.63) is 120 Å². The molecule has 2 N–H and O–H groups in total. The average molecular weight is 671 g/mol.